The average molecular weight is 227 g/mol. The van der Waals surface area contributed by atoms with E-state index in [0.717, 1.165) is 27.6 Å². The van der Waals surface area contributed by atoms with Crippen molar-refractivity contribution in [1.82, 2.24) is 0 Å². The first-order valence-electron chi connectivity index (χ1n) is 3.49. The Morgan fingerprint density at radius 2 is 2.09 bits per heavy atom. The molecule has 0 atom stereocenters. The standard InChI is InChI=1S/C2H10O2Si3.C2H8OSi/c1-2-6-4-7-3-5;1-2-3-4/h2H,1,6-7H2,5H3;2H2,1,4H3. The zero-order valence-corrected chi connectivity index (χ0v) is 14.5. The quantitative estimate of drug-likeness (QED) is 0.366. The molecular formula is C4H18O3Si4. The highest BCUT2D eigenvalue weighted by Gasteiger charge is 1.77. The normalized spacial score (nSPS) is 11.0. The molecule has 68 valence electrons. The Labute approximate surface area is 79.6 Å². The van der Waals surface area contributed by atoms with Gasteiger partial charge in [0.1, 0.15) is 21.0 Å². The highest BCUT2D eigenvalue weighted by Crippen LogP contribution is 1.64. The van der Waals surface area contributed by atoms with E-state index in [9.17, 15) is 0 Å². The molecule has 11 heavy (non-hydrogen) atoms. The van der Waals surface area contributed by atoms with Crippen LogP contribution in [-0.4, -0.2) is 47.3 Å². The lowest BCUT2D eigenvalue weighted by atomic mass is 10.9. The molecule has 0 heterocycles. The predicted molar refractivity (Wildman–Crippen MR) is 61.0 cm³/mol. The summed E-state index contributed by atoms with van der Waals surface area (Å²) in [5, 5.41) is 0. The molecule has 0 saturated carbocycles. The summed E-state index contributed by atoms with van der Waals surface area (Å²) < 4.78 is 14.7. The second-order valence-electron chi connectivity index (χ2n) is 1.64. The van der Waals surface area contributed by atoms with Crippen LogP contribution in [-0.2, 0) is 12.7 Å². The van der Waals surface area contributed by atoms with E-state index in [0.29, 0.717) is 0 Å². The first-order valence-corrected chi connectivity index (χ1v) is 7.68. The van der Waals surface area contributed by atoms with Crippen LogP contribution < -0.4 is 0 Å². The predicted octanol–water partition coefficient (Wildman–Crippen LogP) is -3.17. The van der Waals surface area contributed by atoms with Crippen molar-refractivity contribution in [2.75, 3.05) is 6.61 Å². The van der Waals surface area contributed by atoms with Crippen LogP contribution in [0, 0.1) is 0 Å². The fraction of sp³-hybridized carbons (Fsp3) is 0.500. The Morgan fingerprint density at radius 1 is 1.55 bits per heavy atom. The van der Waals surface area contributed by atoms with Crippen molar-refractivity contribution < 1.29 is 12.7 Å². The van der Waals surface area contributed by atoms with Crippen molar-refractivity contribution in [1.29, 1.82) is 0 Å². The third kappa shape index (κ3) is 25.1. The van der Waals surface area contributed by atoms with Crippen molar-refractivity contribution in [2.24, 2.45) is 0 Å². The van der Waals surface area contributed by atoms with Gasteiger partial charge < -0.3 is 12.7 Å². The molecule has 0 aromatic carbocycles. The molecule has 3 nitrogen and oxygen atoms in total. The van der Waals surface area contributed by atoms with Gasteiger partial charge in [-0.15, -0.1) is 6.58 Å². The lowest BCUT2D eigenvalue weighted by molar-refractivity contribution is 0.375. The highest BCUT2D eigenvalue weighted by atomic mass is 28.3. The fourth-order valence-electron chi connectivity index (χ4n) is 0.215. The van der Waals surface area contributed by atoms with E-state index in [1.807, 2.05) is 12.6 Å². The zero-order chi connectivity index (χ0) is 8.95. The maximum Gasteiger partial charge on any atom is 0.283 e. The van der Waals surface area contributed by atoms with Crippen molar-refractivity contribution in [3.05, 3.63) is 12.3 Å². The Bertz CT molecular complexity index is 70.4. The molecule has 0 aliphatic carbocycles. The number of hydrogen-bond acceptors (Lipinski definition) is 3. The van der Waals surface area contributed by atoms with Crippen molar-refractivity contribution in [3.8, 4) is 0 Å². The molecule has 0 amide bonds. The molecule has 0 saturated heterocycles. The van der Waals surface area contributed by atoms with Crippen molar-refractivity contribution in [2.45, 2.75) is 6.92 Å². The minimum Gasteiger partial charge on any atom is -0.449 e. The summed E-state index contributed by atoms with van der Waals surface area (Å²) >= 11 is 0. The summed E-state index contributed by atoms with van der Waals surface area (Å²) in [6.07, 6.45) is 0. The van der Waals surface area contributed by atoms with Gasteiger partial charge in [-0.05, 0) is 6.92 Å². The molecular weight excluding hydrogens is 208 g/mol. The summed E-state index contributed by atoms with van der Waals surface area (Å²) in [5.41, 5.74) is 1.87. The van der Waals surface area contributed by atoms with Crippen LogP contribution in [0.5, 0.6) is 0 Å². The molecule has 0 bridgehead atoms. The molecule has 0 fully saturated rings. The monoisotopic (exact) mass is 226 g/mol. The van der Waals surface area contributed by atoms with Gasteiger partial charge in [-0.1, -0.05) is 5.70 Å². The van der Waals surface area contributed by atoms with Crippen molar-refractivity contribution in [3.63, 3.8) is 0 Å². The fourth-order valence-corrected chi connectivity index (χ4v) is 3.43. The minimum atomic E-state index is -0.537. The maximum atomic E-state index is 5.10. The smallest absolute Gasteiger partial charge is 0.283 e. The van der Waals surface area contributed by atoms with E-state index in [-0.39, 0.29) is 9.76 Å². The first kappa shape index (κ1) is 14.0. The minimum absolute atomic E-state index is 0.366. The van der Waals surface area contributed by atoms with Gasteiger partial charge in [-0.3, -0.25) is 0 Å². The van der Waals surface area contributed by atoms with Gasteiger partial charge in [0.05, 0.1) is 0 Å². The molecule has 0 rings (SSSR count). The van der Waals surface area contributed by atoms with Gasteiger partial charge in [0.15, 0.2) is 9.76 Å². The third-order valence-corrected chi connectivity index (χ3v) is 4.09. The van der Waals surface area contributed by atoms with Crippen LogP contribution in [0.3, 0.4) is 0 Å². The zero-order valence-electron chi connectivity index (χ0n) is 7.63. The van der Waals surface area contributed by atoms with Crippen LogP contribution in [0.2, 0.25) is 0 Å². The van der Waals surface area contributed by atoms with Crippen LogP contribution in [0.4, 0.5) is 0 Å². The van der Waals surface area contributed by atoms with Crippen molar-refractivity contribution >= 4 is 40.7 Å². The Balaban J connectivity index is 0. The van der Waals surface area contributed by atoms with Gasteiger partial charge >= 0.3 is 0 Å². The van der Waals surface area contributed by atoms with E-state index >= 15 is 0 Å². The van der Waals surface area contributed by atoms with E-state index in [4.69, 9.17) is 8.23 Å². The van der Waals surface area contributed by atoms with E-state index in [1.165, 1.54) is 0 Å². The van der Waals surface area contributed by atoms with E-state index < -0.39 is 10.0 Å². The summed E-state index contributed by atoms with van der Waals surface area (Å²) in [6, 6.07) is 0. The lowest BCUT2D eigenvalue weighted by Gasteiger charge is -1.94. The van der Waals surface area contributed by atoms with Gasteiger partial charge in [-0.2, -0.15) is 0 Å². The number of hydrogen-bond donors (Lipinski definition) is 0. The van der Waals surface area contributed by atoms with Gasteiger partial charge in [0.25, 0.3) is 10.0 Å². The lowest BCUT2D eigenvalue weighted by Crippen LogP contribution is -2.03. The highest BCUT2D eigenvalue weighted by molar-refractivity contribution is 6.45. The summed E-state index contributed by atoms with van der Waals surface area (Å²) in [6.45, 7) is 6.42. The van der Waals surface area contributed by atoms with Gasteiger partial charge in [0.2, 0.25) is 0 Å². The average Bonchev–Trinajstić information content (AvgIpc) is 2.06. The maximum absolute atomic E-state index is 5.10. The van der Waals surface area contributed by atoms with Gasteiger partial charge in [-0.25, -0.2) is 0 Å². The Hall–Kier alpha value is 0.488. The molecule has 0 unspecified atom stereocenters. The molecule has 0 aliphatic heterocycles. The van der Waals surface area contributed by atoms with Crippen LogP contribution in [0.1, 0.15) is 6.92 Å². The summed E-state index contributed by atoms with van der Waals surface area (Å²) in [7, 11) is 0.817. The van der Waals surface area contributed by atoms with Crippen LogP contribution in [0.25, 0.3) is 0 Å². The van der Waals surface area contributed by atoms with E-state index in [2.05, 4.69) is 11.0 Å². The molecule has 0 aliphatic rings. The molecule has 7 heteroatoms. The second-order valence-corrected chi connectivity index (χ2v) is 7.31. The Morgan fingerprint density at radius 3 is 2.36 bits per heavy atom. The largest absolute Gasteiger partial charge is 0.449 e. The third-order valence-electron chi connectivity index (χ3n) is 0.726. The molecule has 0 aromatic rings. The molecule has 0 N–H and O–H groups in total. The second kappa shape index (κ2) is 16.8. The molecule has 0 aromatic heterocycles. The molecule has 0 spiro atoms. The Kier molecular flexibility index (Phi) is 21.5. The SMILES string of the molecule is C=C[SiH2]O[SiH2]O[SiH3].CCO[SiH3]. The summed E-state index contributed by atoms with van der Waals surface area (Å²) in [4.78, 5) is 0. The molecule has 0 radical (unpaired) electrons. The summed E-state index contributed by atoms with van der Waals surface area (Å²) in [5.74, 6) is 0. The first-order chi connectivity index (χ1) is 5.33. The van der Waals surface area contributed by atoms with Crippen LogP contribution >= 0.6 is 0 Å². The van der Waals surface area contributed by atoms with E-state index in [1.54, 1.807) is 0 Å². The number of rotatable bonds is 5. The van der Waals surface area contributed by atoms with Gasteiger partial charge in [0, 0.05) is 6.61 Å². The topological polar surface area (TPSA) is 27.7 Å². The van der Waals surface area contributed by atoms with Crippen LogP contribution in [0.15, 0.2) is 12.3 Å².